The highest BCUT2D eigenvalue weighted by Gasteiger charge is 2.31. The number of hydrogen-bond acceptors (Lipinski definition) is 6. The van der Waals surface area contributed by atoms with Gasteiger partial charge in [-0.2, -0.15) is 0 Å². The smallest absolute Gasteiger partial charge is 0.265 e. The van der Waals surface area contributed by atoms with Gasteiger partial charge in [0.25, 0.3) is 10.0 Å². The summed E-state index contributed by atoms with van der Waals surface area (Å²) in [5.74, 6) is 0.517. The molecule has 0 unspecified atom stereocenters. The van der Waals surface area contributed by atoms with E-state index in [1.54, 1.807) is 12.1 Å². The first-order chi connectivity index (χ1) is 15.8. The number of hydrogen-bond donors (Lipinski definition) is 1. The van der Waals surface area contributed by atoms with Crippen LogP contribution in [-0.4, -0.2) is 48.2 Å². The summed E-state index contributed by atoms with van der Waals surface area (Å²) in [5.41, 5.74) is 0.165. The highest BCUT2D eigenvalue weighted by molar-refractivity contribution is 7.92. The van der Waals surface area contributed by atoms with Crippen LogP contribution in [0.4, 0.5) is 5.69 Å². The lowest BCUT2D eigenvalue weighted by Crippen LogP contribution is -2.45. The van der Waals surface area contributed by atoms with Gasteiger partial charge in [0, 0.05) is 17.1 Å². The zero-order valence-electron chi connectivity index (χ0n) is 19.0. The molecular weight excluding hydrogens is 468 g/mol. The maximum Gasteiger partial charge on any atom is 0.265 e. The van der Waals surface area contributed by atoms with Crippen LogP contribution in [0.1, 0.15) is 32.1 Å². The molecule has 0 heterocycles. The summed E-state index contributed by atoms with van der Waals surface area (Å²) in [6.07, 6.45) is 5.00. The molecule has 0 aliphatic heterocycles. The first kappa shape index (κ1) is 25.0. The van der Waals surface area contributed by atoms with Crippen molar-refractivity contribution in [2.45, 2.75) is 43.0 Å². The van der Waals surface area contributed by atoms with Crippen molar-refractivity contribution >= 4 is 33.2 Å². The molecule has 0 aromatic heterocycles. The van der Waals surface area contributed by atoms with E-state index in [0.717, 1.165) is 36.4 Å². The van der Waals surface area contributed by atoms with E-state index in [0.29, 0.717) is 10.8 Å². The highest BCUT2D eigenvalue weighted by atomic mass is 35.5. The summed E-state index contributed by atoms with van der Waals surface area (Å²) in [7, 11) is 0.111. The van der Waals surface area contributed by atoms with E-state index >= 15 is 0 Å². The molecule has 2 aromatic carbocycles. The van der Waals surface area contributed by atoms with Gasteiger partial charge in [0.05, 0.1) is 31.9 Å². The van der Waals surface area contributed by atoms with Crippen molar-refractivity contribution in [3.8, 4) is 17.2 Å². The Morgan fingerprint density at radius 1 is 0.970 bits per heavy atom. The first-order valence-electron chi connectivity index (χ1n) is 10.7. The van der Waals surface area contributed by atoms with Crippen molar-refractivity contribution in [2.75, 3.05) is 32.2 Å². The van der Waals surface area contributed by atoms with Crippen LogP contribution in [0, 0.1) is 0 Å². The molecule has 33 heavy (non-hydrogen) atoms. The van der Waals surface area contributed by atoms with Crippen molar-refractivity contribution in [2.24, 2.45) is 0 Å². The molecule has 1 aliphatic carbocycles. The Hall–Kier alpha value is -2.65. The Labute approximate surface area is 199 Å². The number of rotatable bonds is 9. The van der Waals surface area contributed by atoms with Crippen molar-refractivity contribution < 1.29 is 27.4 Å². The van der Waals surface area contributed by atoms with Gasteiger partial charge in [0.1, 0.15) is 12.3 Å². The van der Waals surface area contributed by atoms with E-state index in [-0.39, 0.29) is 28.1 Å². The minimum Gasteiger partial charge on any atom is -0.495 e. The number of nitrogens with one attached hydrogen (secondary N) is 1. The van der Waals surface area contributed by atoms with Gasteiger partial charge in [0.2, 0.25) is 5.91 Å². The Morgan fingerprint density at radius 2 is 1.61 bits per heavy atom. The highest BCUT2D eigenvalue weighted by Crippen LogP contribution is 2.37. The molecule has 1 saturated carbocycles. The first-order valence-corrected chi connectivity index (χ1v) is 12.5. The Balaban J connectivity index is 2.02. The number of benzene rings is 2. The van der Waals surface area contributed by atoms with Crippen LogP contribution in [0.25, 0.3) is 0 Å². The Morgan fingerprint density at radius 3 is 2.24 bits per heavy atom. The second-order valence-corrected chi connectivity index (χ2v) is 10.0. The number of carbonyl (C=O) groups is 1. The van der Waals surface area contributed by atoms with Gasteiger partial charge in [0.15, 0.2) is 11.5 Å². The fourth-order valence-corrected chi connectivity index (χ4v) is 5.52. The lowest BCUT2D eigenvalue weighted by Gasteiger charge is -2.28. The third-order valence-corrected chi connectivity index (χ3v) is 7.60. The second kappa shape index (κ2) is 11.0. The largest absolute Gasteiger partial charge is 0.495 e. The molecule has 1 fully saturated rings. The van der Waals surface area contributed by atoms with Crippen LogP contribution in [0.15, 0.2) is 41.3 Å². The van der Waals surface area contributed by atoms with E-state index < -0.39 is 22.5 Å². The lowest BCUT2D eigenvalue weighted by molar-refractivity contribution is -0.120. The summed E-state index contributed by atoms with van der Waals surface area (Å²) < 4.78 is 44.4. The number of halogens is 1. The normalized spacial score (nSPS) is 14.4. The van der Waals surface area contributed by atoms with E-state index in [2.05, 4.69) is 5.32 Å². The molecule has 2 aromatic rings. The molecule has 180 valence electrons. The third-order valence-electron chi connectivity index (χ3n) is 5.61. The molecule has 0 radical (unpaired) electrons. The number of nitrogens with zero attached hydrogens (tertiary/aromatic N) is 1. The van der Waals surface area contributed by atoms with Crippen LogP contribution < -0.4 is 23.8 Å². The number of sulfonamides is 1. The average Bonchev–Trinajstić information content (AvgIpc) is 2.82. The van der Waals surface area contributed by atoms with Gasteiger partial charge in [-0.1, -0.05) is 30.9 Å². The Kier molecular flexibility index (Phi) is 8.31. The SMILES string of the molecule is COc1ccc(S(=O)(=O)N(CC(=O)NC2CCCCC2)c2cc(Cl)ccc2OC)cc1OC. The second-order valence-electron chi connectivity index (χ2n) is 7.75. The van der Waals surface area contributed by atoms with Gasteiger partial charge in [-0.25, -0.2) is 8.42 Å². The summed E-state index contributed by atoms with van der Waals surface area (Å²) in [6.45, 7) is -0.427. The monoisotopic (exact) mass is 496 g/mol. The standard InChI is InChI=1S/C23H29ClN2O6S/c1-30-20-11-9-16(24)13-19(20)26(15-23(27)25-17-7-5-4-6-8-17)33(28,29)18-10-12-21(31-2)22(14-18)32-3/h9-14,17H,4-8,15H2,1-3H3,(H,25,27). The molecule has 10 heteroatoms. The van der Waals surface area contributed by atoms with E-state index in [9.17, 15) is 13.2 Å². The van der Waals surface area contributed by atoms with Gasteiger partial charge in [-0.05, 0) is 43.2 Å². The molecule has 1 amide bonds. The molecule has 0 spiro atoms. The lowest BCUT2D eigenvalue weighted by atomic mass is 9.95. The molecule has 0 saturated heterocycles. The number of methoxy groups -OCH3 is 3. The zero-order chi connectivity index (χ0) is 24.0. The van der Waals surface area contributed by atoms with Crippen LogP contribution in [0.5, 0.6) is 17.2 Å². The minimum absolute atomic E-state index is 0.0399. The fraction of sp³-hybridized carbons (Fsp3) is 0.435. The van der Waals surface area contributed by atoms with Crippen molar-refractivity contribution in [1.29, 1.82) is 0 Å². The third kappa shape index (κ3) is 5.83. The summed E-state index contributed by atoms with van der Waals surface area (Å²) in [4.78, 5) is 12.9. The van der Waals surface area contributed by atoms with Crippen molar-refractivity contribution in [3.05, 3.63) is 41.4 Å². The summed E-state index contributed by atoms with van der Waals surface area (Å²) >= 11 is 6.18. The van der Waals surface area contributed by atoms with Crippen molar-refractivity contribution in [3.63, 3.8) is 0 Å². The van der Waals surface area contributed by atoms with Crippen LogP contribution in [-0.2, 0) is 14.8 Å². The maximum atomic E-state index is 13.8. The van der Waals surface area contributed by atoms with E-state index in [4.69, 9.17) is 25.8 Å². The predicted octanol–water partition coefficient (Wildman–Crippen LogP) is 4.01. The summed E-state index contributed by atoms with van der Waals surface area (Å²) in [5, 5.41) is 3.28. The number of amides is 1. The number of ether oxygens (including phenoxy) is 3. The molecule has 0 atom stereocenters. The maximum absolute atomic E-state index is 13.8. The van der Waals surface area contributed by atoms with Crippen LogP contribution in [0.2, 0.25) is 5.02 Å². The average molecular weight is 497 g/mol. The van der Waals surface area contributed by atoms with Crippen molar-refractivity contribution in [1.82, 2.24) is 5.32 Å². The number of carbonyl (C=O) groups excluding carboxylic acids is 1. The van der Waals surface area contributed by atoms with Gasteiger partial charge < -0.3 is 19.5 Å². The molecule has 0 bridgehead atoms. The van der Waals surface area contributed by atoms with E-state index in [1.807, 2.05) is 0 Å². The van der Waals surface area contributed by atoms with Gasteiger partial charge in [-0.3, -0.25) is 9.10 Å². The van der Waals surface area contributed by atoms with Crippen LogP contribution in [0.3, 0.4) is 0 Å². The van der Waals surface area contributed by atoms with E-state index in [1.165, 1.54) is 45.6 Å². The van der Waals surface area contributed by atoms with Gasteiger partial charge in [-0.15, -0.1) is 0 Å². The molecule has 1 N–H and O–H groups in total. The fourth-order valence-electron chi connectivity index (χ4n) is 3.91. The topological polar surface area (TPSA) is 94.2 Å². The van der Waals surface area contributed by atoms with Gasteiger partial charge >= 0.3 is 0 Å². The number of anilines is 1. The minimum atomic E-state index is -4.20. The Bertz CT molecular complexity index is 1090. The molecule has 1 aliphatic rings. The van der Waals surface area contributed by atoms with Crippen LogP contribution >= 0.6 is 11.6 Å². The molecule has 8 nitrogen and oxygen atoms in total. The predicted molar refractivity (Wildman–Crippen MR) is 127 cm³/mol. The zero-order valence-corrected chi connectivity index (χ0v) is 20.5. The molecular formula is C23H29ClN2O6S. The summed E-state index contributed by atoms with van der Waals surface area (Å²) in [6, 6.07) is 8.92. The molecule has 3 rings (SSSR count). The quantitative estimate of drug-likeness (QED) is 0.563.